The van der Waals surface area contributed by atoms with Gasteiger partial charge in [-0.3, -0.25) is 4.72 Å². The molecule has 0 aliphatic rings. The fourth-order valence-corrected chi connectivity index (χ4v) is 4.39. The summed E-state index contributed by atoms with van der Waals surface area (Å²) >= 11 is 1.27. The third-order valence-corrected chi connectivity index (χ3v) is 6.00. The van der Waals surface area contributed by atoms with Crippen molar-refractivity contribution in [1.29, 1.82) is 0 Å². The molecule has 0 spiro atoms. The highest BCUT2D eigenvalue weighted by Crippen LogP contribution is 2.24. The first kappa shape index (κ1) is 16.0. The minimum atomic E-state index is -3.50. The standard InChI is InChI=1S/C15H20N2O2S2/c1-4-16-12(3)13-6-5-7-14(10-13)17-21(18,19)15-9-8-11(2)20-15/h5-10,12,16-17H,4H2,1-3H3. The first-order chi connectivity index (χ1) is 9.92. The van der Waals surface area contributed by atoms with E-state index >= 15 is 0 Å². The van der Waals surface area contributed by atoms with E-state index in [0.29, 0.717) is 9.90 Å². The van der Waals surface area contributed by atoms with Crippen LogP contribution in [0.3, 0.4) is 0 Å². The predicted molar refractivity (Wildman–Crippen MR) is 88.4 cm³/mol. The van der Waals surface area contributed by atoms with Gasteiger partial charge in [0.2, 0.25) is 0 Å². The van der Waals surface area contributed by atoms with Crippen LogP contribution in [-0.4, -0.2) is 15.0 Å². The molecule has 0 aliphatic carbocycles. The lowest BCUT2D eigenvalue weighted by atomic mass is 10.1. The largest absolute Gasteiger partial charge is 0.310 e. The van der Waals surface area contributed by atoms with Crippen molar-refractivity contribution in [2.75, 3.05) is 11.3 Å². The van der Waals surface area contributed by atoms with Crippen LogP contribution in [0.4, 0.5) is 5.69 Å². The van der Waals surface area contributed by atoms with Crippen molar-refractivity contribution in [3.63, 3.8) is 0 Å². The lowest BCUT2D eigenvalue weighted by Gasteiger charge is -2.14. The molecule has 0 fully saturated rings. The summed E-state index contributed by atoms with van der Waals surface area (Å²) in [6.45, 7) is 6.86. The lowest BCUT2D eigenvalue weighted by Crippen LogP contribution is -2.18. The first-order valence-corrected chi connectivity index (χ1v) is 9.15. The molecule has 0 aliphatic heterocycles. The van der Waals surface area contributed by atoms with Crippen molar-refractivity contribution in [1.82, 2.24) is 5.32 Å². The Bertz CT molecular complexity index is 708. The zero-order valence-corrected chi connectivity index (χ0v) is 14.0. The molecule has 114 valence electrons. The van der Waals surface area contributed by atoms with Crippen LogP contribution < -0.4 is 10.0 Å². The monoisotopic (exact) mass is 324 g/mol. The van der Waals surface area contributed by atoms with Crippen LogP contribution in [0.25, 0.3) is 0 Å². The van der Waals surface area contributed by atoms with Crippen molar-refractivity contribution in [3.05, 3.63) is 46.8 Å². The molecule has 2 aromatic rings. The van der Waals surface area contributed by atoms with Gasteiger partial charge in [-0.2, -0.15) is 0 Å². The third kappa shape index (κ3) is 4.06. The van der Waals surface area contributed by atoms with E-state index in [4.69, 9.17) is 0 Å². The minimum Gasteiger partial charge on any atom is -0.310 e. The number of rotatable bonds is 6. The Hall–Kier alpha value is -1.37. The summed E-state index contributed by atoms with van der Waals surface area (Å²) in [7, 11) is -3.50. The topological polar surface area (TPSA) is 58.2 Å². The van der Waals surface area contributed by atoms with Crippen molar-refractivity contribution in [2.24, 2.45) is 0 Å². The van der Waals surface area contributed by atoms with E-state index in [9.17, 15) is 8.42 Å². The molecule has 6 heteroatoms. The van der Waals surface area contributed by atoms with Crippen LogP contribution in [-0.2, 0) is 10.0 Å². The molecule has 0 saturated heterocycles. The van der Waals surface area contributed by atoms with E-state index in [1.165, 1.54) is 11.3 Å². The van der Waals surface area contributed by atoms with Crippen LogP contribution in [0.15, 0.2) is 40.6 Å². The van der Waals surface area contributed by atoms with Crippen molar-refractivity contribution in [2.45, 2.75) is 31.0 Å². The molecule has 4 nitrogen and oxygen atoms in total. The number of thiophene rings is 1. The summed E-state index contributed by atoms with van der Waals surface area (Å²) in [6.07, 6.45) is 0. The van der Waals surface area contributed by atoms with Crippen LogP contribution in [0, 0.1) is 6.92 Å². The number of hydrogen-bond acceptors (Lipinski definition) is 4. The molecule has 21 heavy (non-hydrogen) atoms. The lowest BCUT2D eigenvalue weighted by molar-refractivity contribution is 0.597. The van der Waals surface area contributed by atoms with Crippen LogP contribution in [0.2, 0.25) is 0 Å². The van der Waals surface area contributed by atoms with Gasteiger partial charge in [0.25, 0.3) is 10.0 Å². The summed E-state index contributed by atoms with van der Waals surface area (Å²) < 4.78 is 27.6. The Morgan fingerprint density at radius 2 is 2.00 bits per heavy atom. The molecule has 2 N–H and O–H groups in total. The fraction of sp³-hybridized carbons (Fsp3) is 0.333. The number of sulfonamides is 1. The average Bonchev–Trinajstić information content (AvgIpc) is 2.86. The summed E-state index contributed by atoms with van der Waals surface area (Å²) in [5, 5.41) is 3.31. The molecule has 1 heterocycles. The number of nitrogens with one attached hydrogen (secondary N) is 2. The molecule has 1 aromatic carbocycles. The Kier molecular flexibility index (Phi) is 5.03. The van der Waals surface area contributed by atoms with E-state index in [2.05, 4.69) is 17.0 Å². The van der Waals surface area contributed by atoms with Gasteiger partial charge in [0.1, 0.15) is 4.21 Å². The molecule has 1 aromatic heterocycles. The highest BCUT2D eigenvalue weighted by molar-refractivity contribution is 7.94. The Morgan fingerprint density at radius 3 is 2.62 bits per heavy atom. The number of benzene rings is 1. The second-order valence-electron chi connectivity index (χ2n) is 4.88. The number of anilines is 1. The molecular formula is C15H20N2O2S2. The van der Waals surface area contributed by atoms with Crippen molar-refractivity contribution < 1.29 is 8.42 Å². The SMILES string of the molecule is CCNC(C)c1cccc(NS(=O)(=O)c2ccc(C)s2)c1. The maximum absolute atomic E-state index is 12.3. The Balaban J connectivity index is 2.21. The van der Waals surface area contributed by atoms with Gasteiger partial charge >= 0.3 is 0 Å². The number of aryl methyl sites for hydroxylation is 1. The summed E-state index contributed by atoms with van der Waals surface area (Å²) in [5.74, 6) is 0. The van der Waals surface area contributed by atoms with E-state index in [1.54, 1.807) is 12.1 Å². The van der Waals surface area contributed by atoms with Gasteiger partial charge in [-0.1, -0.05) is 19.1 Å². The average molecular weight is 324 g/mol. The van der Waals surface area contributed by atoms with Crippen LogP contribution >= 0.6 is 11.3 Å². The molecule has 0 saturated carbocycles. The van der Waals surface area contributed by atoms with E-state index in [0.717, 1.165) is 17.0 Å². The summed E-state index contributed by atoms with van der Waals surface area (Å²) in [5.41, 5.74) is 1.64. The zero-order chi connectivity index (χ0) is 15.5. The summed E-state index contributed by atoms with van der Waals surface area (Å²) in [6, 6.07) is 11.1. The zero-order valence-electron chi connectivity index (χ0n) is 12.4. The normalized spacial score (nSPS) is 13.1. The van der Waals surface area contributed by atoms with Gasteiger partial charge in [-0.05, 0) is 50.2 Å². The highest BCUT2D eigenvalue weighted by atomic mass is 32.2. The third-order valence-electron chi connectivity index (χ3n) is 3.13. The van der Waals surface area contributed by atoms with Crippen molar-refractivity contribution >= 4 is 27.0 Å². The van der Waals surface area contributed by atoms with Gasteiger partial charge in [0, 0.05) is 16.6 Å². The smallest absolute Gasteiger partial charge is 0.271 e. The van der Waals surface area contributed by atoms with Gasteiger partial charge in [0.15, 0.2) is 0 Å². The van der Waals surface area contributed by atoms with Crippen molar-refractivity contribution in [3.8, 4) is 0 Å². The van der Waals surface area contributed by atoms with E-state index in [-0.39, 0.29) is 6.04 Å². The molecule has 0 radical (unpaired) electrons. The molecule has 2 rings (SSSR count). The van der Waals surface area contributed by atoms with Gasteiger partial charge in [-0.25, -0.2) is 8.42 Å². The number of hydrogen-bond donors (Lipinski definition) is 2. The van der Waals surface area contributed by atoms with E-state index < -0.39 is 10.0 Å². The molecule has 1 atom stereocenters. The second-order valence-corrected chi connectivity index (χ2v) is 8.07. The minimum absolute atomic E-state index is 0.184. The fourth-order valence-electron chi connectivity index (χ4n) is 2.06. The molecule has 1 unspecified atom stereocenters. The Morgan fingerprint density at radius 1 is 1.24 bits per heavy atom. The quantitative estimate of drug-likeness (QED) is 0.854. The van der Waals surface area contributed by atoms with Crippen LogP contribution in [0.1, 0.15) is 30.3 Å². The molecule has 0 bridgehead atoms. The maximum atomic E-state index is 12.3. The molecular weight excluding hydrogens is 304 g/mol. The summed E-state index contributed by atoms with van der Waals surface area (Å²) in [4.78, 5) is 0.977. The highest BCUT2D eigenvalue weighted by Gasteiger charge is 2.16. The van der Waals surface area contributed by atoms with Gasteiger partial charge in [-0.15, -0.1) is 11.3 Å². The van der Waals surface area contributed by atoms with Gasteiger partial charge < -0.3 is 5.32 Å². The maximum Gasteiger partial charge on any atom is 0.271 e. The Labute approximate surface area is 130 Å². The molecule has 0 amide bonds. The van der Waals surface area contributed by atoms with Gasteiger partial charge in [0.05, 0.1) is 0 Å². The first-order valence-electron chi connectivity index (χ1n) is 6.85. The second kappa shape index (κ2) is 6.60. The predicted octanol–water partition coefficient (Wildman–Crippen LogP) is 3.53. The van der Waals surface area contributed by atoms with Crippen LogP contribution in [0.5, 0.6) is 0 Å². The van der Waals surface area contributed by atoms with E-state index in [1.807, 2.05) is 38.1 Å².